The number of hydrogen-bond acceptors (Lipinski definition) is 5. The van der Waals surface area contributed by atoms with Crippen molar-refractivity contribution in [1.29, 1.82) is 0 Å². The zero-order valence-corrected chi connectivity index (χ0v) is 18.7. The Balaban J connectivity index is 1.68. The highest BCUT2D eigenvalue weighted by Crippen LogP contribution is 2.26. The Bertz CT molecular complexity index is 887. The fourth-order valence-corrected chi connectivity index (χ4v) is 4.68. The summed E-state index contributed by atoms with van der Waals surface area (Å²) in [6.45, 7) is 4.33. The maximum absolute atomic E-state index is 14.1. The summed E-state index contributed by atoms with van der Waals surface area (Å²) in [5.74, 6) is -2.42. The van der Waals surface area contributed by atoms with E-state index in [1.54, 1.807) is 0 Å². The molecule has 8 heteroatoms. The number of nitrogens with one attached hydrogen (secondary N) is 1. The fourth-order valence-electron chi connectivity index (χ4n) is 3.36. The van der Waals surface area contributed by atoms with Crippen molar-refractivity contribution in [2.75, 3.05) is 13.2 Å². The van der Waals surface area contributed by atoms with E-state index in [4.69, 9.17) is 21.1 Å². The average molecular weight is 458 g/mol. The third-order valence-electron chi connectivity index (χ3n) is 4.93. The molecule has 0 spiro atoms. The molecule has 4 nitrogen and oxygen atoms in total. The molecule has 1 aliphatic heterocycles. The Kier molecular flexibility index (Phi) is 7.71. The lowest BCUT2D eigenvalue weighted by atomic mass is 9.99. The number of carbonyl (C=O) groups is 1. The highest BCUT2D eigenvalue weighted by Gasteiger charge is 2.24. The predicted molar refractivity (Wildman–Crippen MR) is 114 cm³/mol. The average Bonchev–Trinajstić information content (AvgIpc) is 3.07. The smallest absolute Gasteiger partial charge is 0.306 e. The second kappa shape index (κ2) is 10.1. The van der Waals surface area contributed by atoms with Crippen LogP contribution in [0, 0.1) is 11.6 Å². The largest absolute Gasteiger partial charge is 0.486 e. The number of thiophene rings is 1. The highest BCUT2D eigenvalue weighted by molar-refractivity contribution is 7.16. The fraction of sp³-hybridized carbons (Fsp3) is 0.500. The second-order valence-electron chi connectivity index (χ2n) is 8.17. The van der Waals surface area contributed by atoms with E-state index in [2.05, 4.69) is 5.32 Å². The van der Waals surface area contributed by atoms with Crippen LogP contribution < -0.4 is 10.1 Å². The van der Waals surface area contributed by atoms with Crippen molar-refractivity contribution in [1.82, 2.24) is 5.32 Å². The number of aryl methyl sites for hydroxylation is 1. The number of cyclic esters (lactones) is 1. The van der Waals surface area contributed by atoms with Crippen LogP contribution in [0.15, 0.2) is 24.3 Å². The normalized spacial score (nSPS) is 18.2. The van der Waals surface area contributed by atoms with Gasteiger partial charge in [0, 0.05) is 23.4 Å². The minimum absolute atomic E-state index is 0.0700. The van der Waals surface area contributed by atoms with Crippen molar-refractivity contribution in [3.8, 4) is 5.75 Å². The molecule has 2 heterocycles. The van der Waals surface area contributed by atoms with Gasteiger partial charge in [-0.05, 0) is 69.4 Å². The van der Waals surface area contributed by atoms with Crippen molar-refractivity contribution in [3.63, 3.8) is 0 Å². The molecule has 2 aromatic rings. The van der Waals surface area contributed by atoms with Gasteiger partial charge in [0.2, 0.25) is 5.82 Å². The van der Waals surface area contributed by atoms with E-state index in [1.807, 2.05) is 26.0 Å². The molecule has 1 atom stereocenters. The van der Waals surface area contributed by atoms with E-state index < -0.39 is 17.7 Å². The lowest BCUT2D eigenvalue weighted by Gasteiger charge is -2.29. The van der Waals surface area contributed by atoms with E-state index in [1.165, 1.54) is 23.5 Å². The van der Waals surface area contributed by atoms with Crippen molar-refractivity contribution >= 4 is 28.9 Å². The van der Waals surface area contributed by atoms with Crippen LogP contribution in [0.3, 0.4) is 0 Å². The molecule has 3 rings (SSSR count). The zero-order chi connectivity index (χ0) is 21.7. The van der Waals surface area contributed by atoms with Gasteiger partial charge >= 0.3 is 5.97 Å². The minimum Gasteiger partial charge on any atom is -0.486 e. The zero-order valence-electron chi connectivity index (χ0n) is 17.1. The third kappa shape index (κ3) is 6.65. The lowest BCUT2D eigenvalue weighted by Crippen LogP contribution is -2.47. The van der Waals surface area contributed by atoms with Crippen molar-refractivity contribution in [2.45, 2.75) is 57.6 Å². The molecule has 0 radical (unpaired) electrons. The van der Waals surface area contributed by atoms with Gasteiger partial charge in [-0.3, -0.25) is 4.79 Å². The molecule has 0 unspecified atom stereocenters. The van der Waals surface area contributed by atoms with Crippen LogP contribution in [0.1, 0.15) is 43.6 Å². The molecule has 1 N–H and O–H groups in total. The Hall–Kier alpha value is -1.70. The monoisotopic (exact) mass is 457 g/mol. The van der Waals surface area contributed by atoms with Crippen LogP contribution in [0.25, 0.3) is 0 Å². The molecule has 0 aliphatic carbocycles. The molecule has 0 amide bonds. The maximum atomic E-state index is 14.1. The van der Waals surface area contributed by atoms with Gasteiger partial charge in [-0.1, -0.05) is 11.6 Å². The van der Waals surface area contributed by atoms with Crippen molar-refractivity contribution < 1.29 is 23.0 Å². The number of esters is 1. The number of fused-ring (bicyclic) bond motifs is 2. The summed E-state index contributed by atoms with van der Waals surface area (Å²) in [6, 6.07) is 6.56. The molecule has 0 fully saturated rings. The molecule has 1 aromatic heterocycles. The number of hydrogen-bond donors (Lipinski definition) is 1. The van der Waals surface area contributed by atoms with Gasteiger partial charge in [-0.2, -0.15) is 4.39 Å². The van der Waals surface area contributed by atoms with Crippen LogP contribution in [0.2, 0.25) is 4.34 Å². The number of halogens is 3. The summed E-state index contributed by atoms with van der Waals surface area (Å²) >= 11 is 7.53. The minimum atomic E-state index is -1.02. The van der Waals surface area contributed by atoms with Crippen LogP contribution in [-0.4, -0.2) is 30.8 Å². The van der Waals surface area contributed by atoms with Gasteiger partial charge < -0.3 is 14.8 Å². The van der Waals surface area contributed by atoms with E-state index in [0.29, 0.717) is 31.4 Å². The Morgan fingerprint density at radius 3 is 2.73 bits per heavy atom. The summed E-state index contributed by atoms with van der Waals surface area (Å²) < 4.78 is 39.9. The molecule has 1 aromatic carbocycles. The van der Waals surface area contributed by atoms with Gasteiger partial charge in [0.15, 0.2) is 11.6 Å². The first kappa shape index (κ1) is 23.0. The van der Waals surface area contributed by atoms with E-state index in [-0.39, 0.29) is 30.3 Å². The quantitative estimate of drug-likeness (QED) is 0.618. The summed E-state index contributed by atoms with van der Waals surface area (Å²) in [6.07, 6.45) is 2.25. The van der Waals surface area contributed by atoms with Crippen LogP contribution >= 0.6 is 22.9 Å². The molecular weight excluding hydrogens is 432 g/mol. The first-order valence-electron chi connectivity index (χ1n) is 10.0. The van der Waals surface area contributed by atoms with E-state index in [0.717, 1.165) is 15.6 Å². The number of benzene rings is 1. The SMILES string of the molecule is CC(C)(Cc1ccc(Cl)s1)NC[C@@H]1COc2cc(cc(F)c2F)CCCCC(=O)O1. The van der Waals surface area contributed by atoms with E-state index in [9.17, 15) is 13.6 Å². The Morgan fingerprint density at radius 1 is 1.23 bits per heavy atom. The first-order valence-corrected chi connectivity index (χ1v) is 11.2. The van der Waals surface area contributed by atoms with Crippen LogP contribution in [0.5, 0.6) is 5.75 Å². The Morgan fingerprint density at radius 2 is 2.00 bits per heavy atom. The van der Waals surface area contributed by atoms with Gasteiger partial charge in [0.1, 0.15) is 12.7 Å². The van der Waals surface area contributed by atoms with Crippen molar-refractivity contribution in [3.05, 3.63) is 50.7 Å². The number of carbonyl (C=O) groups excluding carboxylic acids is 1. The van der Waals surface area contributed by atoms with Gasteiger partial charge in [0.05, 0.1) is 4.34 Å². The molecule has 30 heavy (non-hydrogen) atoms. The topological polar surface area (TPSA) is 47.6 Å². The summed E-state index contributed by atoms with van der Waals surface area (Å²) in [5, 5.41) is 3.39. The highest BCUT2D eigenvalue weighted by atomic mass is 35.5. The molecular formula is C22H26ClF2NO3S. The summed E-state index contributed by atoms with van der Waals surface area (Å²) in [7, 11) is 0. The molecule has 0 saturated heterocycles. The number of rotatable bonds is 5. The first-order chi connectivity index (χ1) is 14.2. The predicted octanol–water partition coefficient (Wildman–Crippen LogP) is 5.31. The third-order valence-corrected chi connectivity index (χ3v) is 6.16. The molecule has 2 bridgehead atoms. The summed E-state index contributed by atoms with van der Waals surface area (Å²) in [4.78, 5) is 13.3. The van der Waals surface area contributed by atoms with Gasteiger partial charge in [-0.25, -0.2) is 4.39 Å². The van der Waals surface area contributed by atoms with Gasteiger partial charge in [-0.15, -0.1) is 11.3 Å². The second-order valence-corrected chi connectivity index (χ2v) is 9.97. The molecule has 164 valence electrons. The maximum Gasteiger partial charge on any atom is 0.306 e. The van der Waals surface area contributed by atoms with Crippen molar-refractivity contribution in [2.24, 2.45) is 0 Å². The molecule has 1 aliphatic rings. The van der Waals surface area contributed by atoms with Crippen LogP contribution in [-0.2, 0) is 22.4 Å². The standard InChI is InChI=1S/C22H26ClF2NO3S/c1-22(2,11-16-7-8-19(23)30-16)26-12-15-13-28-18-10-14(9-17(24)21(18)25)5-3-4-6-20(27)29-15/h7-10,15,26H,3-6,11-13H2,1-2H3/t15-/m1/s1. The lowest BCUT2D eigenvalue weighted by molar-refractivity contribution is -0.150. The van der Waals surface area contributed by atoms with Crippen LogP contribution in [0.4, 0.5) is 8.78 Å². The van der Waals surface area contributed by atoms with Gasteiger partial charge in [0.25, 0.3) is 0 Å². The summed E-state index contributed by atoms with van der Waals surface area (Å²) in [5.41, 5.74) is 0.366. The van der Waals surface area contributed by atoms with E-state index >= 15 is 0 Å². The molecule has 0 saturated carbocycles. The Labute approximate surface area is 184 Å². The number of ether oxygens (including phenoxy) is 2.